The van der Waals surface area contributed by atoms with E-state index in [0.29, 0.717) is 6.07 Å². The maximum atomic E-state index is 12.7. The van der Waals surface area contributed by atoms with E-state index in [-0.39, 0.29) is 6.61 Å². The number of rotatable bonds is 4. The molecule has 1 aromatic heterocycles. The maximum absolute atomic E-state index is 12.7. The average Bonchev–Trinajstić information content (AvgIpc) is 2.27. The Hall–Kier alpha value is -2.32. The Labute approximate surface area is 98.5 Å². The summed E-state index contributed by atoms with van der Waals surface area (Å²) in [6, 6.07) is 0.443. The van der Waals surface area contributed by atoms with Crippen LogP contribution in [0, 0.1) is 10.1 Å². The molecule has 0 spiro atoms. The van der Waals surface area contributed by atoms with Gasteiger partial charge in [0.2, 0.25) is 0 Å². The van der Waals surface area contributed by atoms with Gasteiger partial charge in [-0.25, -0.2) is 23.4 Å². The molecule has 9 heteroatoms. The largest absolute Gasteiger partial charge is 0.462 e. The van der Waals surface area contributed by atoms with Crippen molar-refractivity contribution < 1.29 is 23.2 Å². The lowest BCUT2D eigenvalue weighted by atomic mass is 10.1. The number of hydrogen-bond acceptors (Lipinski definition) is 5. The van der Waals surface area contributed by atoms with Crippen molar-refractivity contribution in [2.24, 2.45) is 0 Å². The van der Waals surface area contributed by atoms with E-state index in [1.54, 1.807) is 4.98 Å². The summed E-state index contributed by atoms with van der Waals surface area (Å²) in [6.45, 7) is 1.32. The molecule has 1 rings (SSSR count). The zero-order chi connectivity index (χ0) is 13.9. The second-order valence-corrected chi connectivity index (χ2v) is 3.09. The molecule has 0 fully saturated rings. The summed E-state index contributed by atoms with van der Waals surface area (Å²) in [5, 5.41) is 10.4. The zero-order valence-corrected chi connectivity index (χ0v) is 9.11. The van der Waals surface area contributed by atoms with Gasteiger partial charge in [0.15, 0.2) is 5.56 Å². The van der Waals surface area contributed by atoms with Crippen molar-refractivity contribution in [1.29, 1.82) is 0 Å². The quantitative estimate of drug-likeness (QED) is 0.502. The van der Waals surface area contributed by atoms with E-state index in [1.165, 1.54) is 6.92 Å². The summed E-state index contributed by atoms with van der Waals surface area (Å²) in [5.74, 6) is -2.16. The molecule has 98 valence electrons. The number of nitrogens with one attached hydrogen (secondary N) is 1. The van der Waals surface area contributed by atoms with Crippen molar-refractivity contribution >= 4 is 11.8 Å². The first kappa shape index (κ1) is 13.7. The monoisotopic (exact) mass is 262 g/mol. The molecule has 0 aliphatic heterocycles. The van der Waals surface area contributed by atoms with E-state index in [9.17, 15) is 28.5 Å². The first-order valence-electron chi connectivity index (χ1n) is 4.75. The molecule has 18 heavy (non-hydrogen) atoms. The molecule has 1 aromatic rings. The van der Waals surface area contributed by atoms with E-state index in [4.69, 9.17) is 0 Å². The van der Waals surface area contributed by atoms with Gasteiger partial charge in [-0.2, -0.15) is 0 Å². The van der Waals surface area contributed by atoms with Crippen LogP contribution in [0.3, 0.4) is 0 Å². The summed E-state index contributed by atoms with van der Waals surface area (Å²) < 4.78 is 29.8. The number of aromatic nitrogens is 1. The lowest BCUT2D eigenvalue weighted by molar-refractivity contribution is -0.389. The summed E-state index contributed by atoms with van der Waals surface area (Å²) in [6.07, 6.45) is -3.20. The molecule has 0 aliphatic rings. The predicted molar refractivity (Wildman–Crippen MR) is 54.6 cm³/mol. The SMILES string of the molecule is CCOC(=O)c1c(C(F)F)cc([N+](=O)[O-])[nH]c1=O. The van der Waals surface area contributed by atoms with Crippen LogP contribution < -0.4 is 5.56 Å². The minimum absolute atomic E-state index is 0.113. The predicted octanol–water partition coefficient (Wildman–Crippen LogP) is 1.40. The fourth-order valence-corrected chi connectivity index (χ4v) is 1.25. The average molecular weight is 262 g/mol. The van der Waals surface area contributed by atoms with Gasteiger partial charge in [0.1, 0.15) is 0 Å². The topological polar surface area (TPSA) is 102 Å². The third-order valence-corrected chi connectivity index (χ3v) is 1.96. The number of alkyl halides is 2. The number of ether oxygens (including phenoxy) is 1. The van der Waals surface area contributed by atoms with Gasteiger partial charge in [0.05, 0.1) is 6.61 Å². The summed E-state index contributed by atoms with van der Waals surface area (Å²) in [7, 11) is 0. The number of hydrogen-bond donors (Lipinski definition) is 1. The first-order valence-corrected chi connectivity index (χ1v) is 4.75. The Balaban J connectivity index is 3.46. The van der Waals surface area contributed by atoms with Gasteiger partial charge in [0.25, 0.3) is 6.43 Å². The van der Waals surface area contributed by atoms with Crippen molar-refractivity contribution in [1.82, 2.24) is 4.98 Å². The van der Waals surface area contributed by atoms with Gasteiger partial charge in [-0.3, -0.25) is 0 Å². The highest BCUT2D eigenvalue weighted by molar-refractivity contribution is 5.91. The number of nitrogens with zero attached hydrogens (tertiary/aromatic N) is 1. The van der Waals surface area contributed by atoms with Crippen LogP contribution in [0.2, 0.25) is 0 Å². The standard InChI is InChI=1S/C9H8F2N2O5/c1-2-18-9(15)6-4(7(10)11)3-5(13(16)17)12-8(6)14/h3,7H,2H2,1H3,(H,12,14). The van der Waals surface area contributed by atoms with E-state index < -0.39 is 39.8 Å². The molecule has 0 saturated heterocycles. The minimum atomic E-state index is -3.20. The maximum Gasteiger partial charge on any atom is 0.347 e. The van der Waals surface area contributed by atoms with Gasteiger partial charge >= 0.3 is 17.3 Å². The molecular weight excluding hydrogens is 254 g/mol. The van der Waals surface area contributed by atoms with E-state index >= 15 is 0 Å². The second-order valence-electron chi connectivity index (χ2n) is 3.09. The van der Waals surface area contributed by atoms with Crippen LogP contribution in [0.5, 0.6) is 0 Å². The molecule has 7 nitrogen and oxygen atoms in total. The number of pyridine rings is 1. The molecule has 0 unspecified atom stereocenters. The Morgan fingerprint density at radius 3 is 2.67 bits per heavy atom. The minimum Gasteiger partial charge on any atom is -0.462 e. The van der Waals surface area contributed by atoms with Crippen LogP contribution in [0.15, 0.2) is 10.9 Å². The third-order valence-electron chi connectivity index (χ3n) is 1.96. The summed E-state index contributed by atoms with van der Waals surface area (Å²) in [4.78, 5) is 33.8. The number of carbonyl (C=O) groups is 1. The fraction of sp³-hybridized carbons (Fsp3) is 0.333. The summed E-state index contributed by atoms with van der Waals surface area (Å²) in [5.41, 5.74) is -3.22. The molecule has 0 aromatic carbocycles. The van der Waals surface area contributed by atoms with Crippen molar-refractivity contribution in [3.63, 3.8) is 0 Å². The number of H-pyrrole nitrogens is 1. The summed E-state index contributed by atoms with van der Waals surface area (Å²) >= 11 is 0. The van der Waals surface area contributed by atoms with Gasteiger partial charge in [-0.1, -0.05) is 0 Å². The van der Waals surface area contributed by atoms with Gasteiger partial charge in [0, 0.05) is 11.6 Å². The first-order chi connectivity index (χ1) is 8.38. The molecule has 0 saturated carbocycles. The van der Waals surface area contributed by atoms with Crippen LogP contribution in [-0.2, 0) is 4.74 Å². The van der Waals surface area contributed by atoms with Crippen molar-refractivity contribution in [2.45, 2.75) is 13.3 Å². The second kappa shape index (κ2) is 5.34. The van der Waals surface area contributed by atoms with Crippen LogP contribution in [0.25, 0.3) is 0 Å². The smallest absolute Gasteiger partial charge is 0.347 e. The number of carbonyl (C=O) groups excluding carboxylic acids is 1. The highest BCUT2D eigenvalue weighted by Crippen LogP contribution is 2.24. The number of halogens is 2. The van der Waals surface area contributed by atoms with Crippen molar-refractivity contribution in [3.8, 4) is 0 Å². The molecule has 0 aliphatic carbocycles. The number of esters is 1. The van der Waals surface area contributed by atoms with Gasteiger partial charge in [-0.15, -0.1) is 0 Å². The van der Waals surface area contributed by atoms with Crippen molar-refractivity contribution in [3.05, 3.63) is 37.7 Å². The Morgan fingerprint density at radius 1 is 1.61 bits per heavy atom. The third kappa shape index (κ3) is 2.67. The van der Waals surface area contributed by atoms with Crippen LogP contribution >= 0.6 is 0 Å². The highest BCUT2D eigenvalue weighted by Gasteiger charge is 2.27. The molecule has 0 bridgehead atoms. The van der Waals surface area contributed by atoms with E-state index in [0.717, 1.165) is 0 Å². The zero-order valence-electron chi connectivity index (χ0n) is 9.11. The molecule has 1 N–H and O–H groups in total. The highest BCUT2D eigenvalue weighted by atomic mass is 19.3. The van der Waals surface area contributed by atoms with Crippen LogP contribution in [0.1, 0.15) is 29.3 Å². The van der Waals surface area contributed by atoms with Crippen LogP contribution in [-0.4, -0.2) is 22.5 Å². The van der Waals surface area contributed by atoms with E-state index in [1.807, 2.05) is 0 Å². The number of nitro groups is 1. The Kier molecular flexibility index (Phi) is 4.08. The lowest BCUT2D eigenvalue weighted by Gasteiger charge is -2.06. The molecular formula is C9H8F2N2O5. The van der Waals surface area contributed by atoms with Crippen molar-refractivity contribution in [2.75, 3.05) is 6.61 Å². The Bertz CT molecular complexity index is 540. The lowest BCUT2D eigenvalue weighted by Crippen LogP contribution is -2.23. The normalized spacial score (nSPS) is 10.4. The fourth-order valence-electron chi connectivity index (χ4n) is 1.25. The van der Waals surface area contributed by atoms with Crippen LogP contribution in [0.4, 0.5) is 14.6 Å². The molecule has 1 heterocycles. The molecule has 0 atom stereocenters. The van der Waals surface area contributed by atoms with Gasteiger partial charge in [-0.05, 0) is 11.8 Å². The molecule has 0 radical (unpaired) electrons. The Morgan fingerprint density at radius 2 is 2.22 bits per heavy atom. The number of aromatic amines is 1. The van der Waals surface area contributed by atoms with E-state index in [2.05, 4.69) is 4.74 Å². The molecule has 0 amide bonds. The van der Waals surface area contributed by atoms with Gasteiger partial charge < -0.3 is 14.9 Å².